The first-order chi connectivity index (χ1) is 8.93. The van der Waals surface area contributed by atoms with E-state index >= 15 is 0 Å². The monoisotopic (exact) mass is 400 g/mol. The first kappa shape index (κ1) is 21.4. The van der Waals surface area contributed by atoms with Crippen LogP contribution < -0.4 is 24.8 Å². The van der Waals surface area contributed by atoms with E-state index in [1.54, 1.807) is 11.1 Å². The predicted octanol–water partition coefficient (Wildman–Crippen LogP) is -0.649. The molecule has 2 atom stereocenters. The van der Waals surface area contributed by atoms with Gasteiger partial charge in [-0.15, -0.1) is 0 Å². The standard InChI is InChI=1S/2C9H12.2ClH.Zr/c2*1-2-5-9-7-3-6-8(9)4-1;;;/h2*1-2,4,9H,3,5-7H2;2*1H;/q;;;;+2/p-2. The minimum atomic E-state index is 0. The molecule has 4 rings (SSSR count). The van der Waals surface area contributed by atoms with Crippen LogP contribution in [0.2, 0.25) is 0 Å². The number of hydrogen-bond donors (Lipinski definition) is 0. The normalized spacial score (nSPS) is 27.4. The molecule has 3 heteroatoms. The van der Waals surface area contributed by atoms with Crippen LogP contribution in [0.1, 0.15) is 51.4 Å². The van der Waals surface area contributed by atoms with Gasteiger partial charge in [0.1, 0.15) is 0 Å². The van der Waals surface area contributed by atoms with Gasteiger partial charge in [-0.3, -0.25) is 0 Å². The molecule has 21 heavy (non-hydrogen) atoms. The van der Waals surface area contributed by atoms with Gasteiger partial charge in [-0.1, -0.05) is 47.6 Å². The number of hydrogen-bond acceptors (Lipinski definition) is 0. The topological polar surface area (TPSA) is 0 Å². The van der Waals surface area contributed by atoms with E-state index in [9.17, 15) is 0 Å². The van der Waals surface area contributed by atoms with Crippen molar-refractivity contribution in [3.63, 3.8) is 0 Å². The Morgan fingerprint density at radius 1 is 0.714 bits per heavy atom. The third-order valence-electron chi connectivity index (χ3n) is 4.82. The molecule has 0 nitrogen and oxygen atoms in total. The summed E-state index contributed by atoms with van der Waals surface area (Å²) in [6, 6.07) is 0. The van der Waals surface area contributed by atoms with Gasteiger partial charge in [0.25, 0.3) is 0 Å². The Bertz CT molecular complexity index is 381. The maximum absolute atomic E-state index is 2.31. The average molecular weight is 403 g/mol. The number of fused-ring (bicyclic) bond motifs is 2. The zero-order valence-electron chi connectivity index (χ0n) is 12.5. The maximum atomic E-state index is 2.31. The van der Waals surface area contributed by atoms with Gasteiger partial charge in [-0.05, 0) is 63.2 Å². The van der Waals surface area contributed by atoms with Gasteiger partial charge in [0.2, 0.25) is 0 Å². The van der Waals surface area contributed by atoms with E-state index < -0.39 is 0 Å². The second kappa shape index (κ2) is 11.0. The van der Waals surface area contributed by atoms with Crippen LogP contribution in [0, 0.1) is 11.8 Å². The molecule has 2 fully saturated rings. The van der Waals surface area contributed by atoms with Crippen LogP contribution in [-0.4, -0.2) is 0 Å². The third-order valence-corrected chi connectivity index (χ3v) is 4.82. The van der Waals surface area contributed by atoms with Crippen molar-refractivity contribution in [1.82, 2.24) is 0 Å². The van der Waals surface area contributed by atoms with Crippen LogP contribution >= 0.6 is 0 Å². The smallest absolute Gasteiger partial charge is 1.00 e. The Morgan fingerprint density at radius 2 is 1.14 bits per heavy atom. The van der Waals surface area contributed by atoms with Crippen molar-refractivity contribution in [1.29, 1.82) is 0 Å². The van der Waals surface area contributed by atoms with Gasteiger partial charge in [0.05, 0.1) is 0 Å². The van der Waals surface area contributed by atoms with Crippen LogP contribution in [0.4, 0.5) is 0 Å². The van der Waals surface area contributed by atoms with E-state index in [0.717, 1.165) is 11.8 Å². The molecule has 0 saturated heterocycles. The van der Waals surface area contributed by atoms with Crippen molar-refractivity contribution >= 4 is 0 Å². The summed E-state index contributed by atoms with van der Waals surface area (Å²) in [4.78, 5) is 0. The maximum Gasteiger partial charge on any atom is 2.00 e. The average Bonchev–Trinajstić information content (AvgIpc) is 3.08. The molecule has 0 aromatic heterocycles. The molecule has 0 spiro atoms. The van der Waals surface area contributed by atoms with E-state index in [4.69, 9.17) is 0 Å². The molecular formula is C18H24Cl2Zr. The molecule has 0 N–H and O–H groups in total. The summed E-state index contributed by atoms with van der Waals surface area (Å²) in [7, 11) is 0. The number of halogens is 2. The van der Waals surface area contributed by atoms with Crippen LogP contribution in [0.15, 0.2) is 47.6 Å². The van der Waals surface area contributed by atoms with Crippen molar-refractivity contribution in [3.8, 4) is 0 Å². The van der Waals surface area contributed by atoms with Crippen LogP contribution in [0.3, 0.4) is 0 Å². The van der Waals surface area contributed by atoms with Crippen LogP contribution in [-0.2, 0) is 26.2 Å². The first-order valence-corrected chi connectivity index (χ1v) is 7.64. The second-order valence-electron chi connectivity index (χ2n) is 5.99. The van der Waals surface area contributed by atoms with E-state index in [1.165, 1.54) is 51.4 Å². The molecule has 4 aliphatic carbocycles. The van der Waals surface area contributed by atoms with Crippen LogP contribution in [0.5, 0.6) is 0 Å². The quantitative estimate of drug-likeness (QED) is 0.505. The van der Waals surface area contributed by atoms with Crippen molar-refractivity contribution in [2.45, 2.75) is 51.4 Å². The predicted molar refractivity (Wildman–Crippen MR) is 78.4 cm³/mol. The number of rotatable bonds is 0. The minimum absolute atomic E-state index is 0. The first-order valence-electron chi connectivity index (χ1n) is 7.64. The van der Waals surface area contributed by atoms with Gasteiger partial charge in [-0.25, -0.2) is 0 Å². The Hall–Kier alpha value is 0.423. The molecular weight excluding hydrogens is 378 g/mol. The fraction of sp³-hybridized carbons (Fsp3) is 0.556. The summed E-state index contributed by atoms with van der Waals surface area (Å²) in [5, 5.41) is 0. The summed E-state index contributed by atoms with van der Waals surface area (Å²) in [5.41, 5.74) is 3.41. The Morgan fingerprint density at radius 3 is 1.52 bits per heavy atom. The van der Waals surface area contributed by atoms with Gasteiger partial charge >= 0.3 is 26.2 Å². The molecule has 0 aromatic rings. The fourth-order valence-electron chi connectivity index (χ4n) is 3.73. The number of allylic oxidation sites excluding steroid dienone is 8. The van der Waals surface area contributed by atoms with Crippen molar-refractivity contribution < 1.29 is 51.0 Å². The fourth-order valence-corrected chi connectivity index (χ4v) is 3.73. The molecule has 114 valence electrons. The summed E-state index contributed by atoms with van der Waals surface area (Å²) < 4.78 is 0. The molecule has 0 aliphatic heterocycles. The largest absolute Gasteiger partial charge is 2.00 e. The zero-order chi connectivity index (χ0) is 12.2. The molecule has 2 saturated carbocycles. The van der Waals surface area contributed by atoms with E-state index in [2.05, 4.69) is 36.5 Å². The summed E-state index contributed by atoms with van der Waals surface area (Å²) >= 11 is 0. The Balaban J connectivity index is 0.000000333. The van der Waals surface area contributed by atoms with Gasteiger partial charge < -0.3 is 24.8 Å². The zero-order valence-corrected chi connectivity index (χ0v) is 16.5. The molecule has 0 heterocycles. The van der Waals surface area contributed by atoms with Crippen molar-refractivity contribution in [3.05, 3.63) is 47.6 Å². The molecule has 0 amide bonds. The molecule has 0 bridgehead atoms. The van der Waals surface area contributed by atoms with Crippen molar-refractivity contribution in [2.75, 3.05) is 0 Å². The van der Waals surface area contributed by atoms with Gasteiger partial charge in [0, 0.05) is 0 Å². The molecule has 2 unspecified atom stereocenters. The summed E-state index contributed by atoms with van der Waals surface area (Å²) in [6.07, 6.45) is 24.7. The molecule has 0 aromatic carbocycles. The van der Waals surface area contributed by atoms with Crippen LogP contribution in [0.25, 0.3) is 0 Å². The molecule has 0 radical (unpaired) electrons. The van der Waals surface area contributed by atoms with E-state index in [1.807, 2.05) is 0 Å². The van der Waals surface area contributed by atoms with Gasteiger partial charge in [0.15, 0.2) is 0 Å². The SMILES string of the molecule is C1=CCC2CCCC2=C1.C1=CCC2CCCC2=C1.[Cl-].[Cl-].[Zr+2]. The Kier molecular flexibility index (Phi) is 11.3. The second-order valence-corrected chi connectivity index (χ2v) is 5.99. The van der Waals surface area contributed by atoms with E-state index in [0.29, 0.717) is 0 Å². The third kappa shape index (κ3) is 5.85. The summed E-state index contributed by atoms with van der Waals surface area (Å²) in [5.74, 6) is 1.88. The van der Waals surface area contributed by atoms with Crippen molar-refractivity contribution in [2.24, 2.45) is 11.8 Å². The van der Waals surface area contributed by atoms with Gasteiger partial charge in [-0.2, -0.15) is 0 Å². The molecule has 4 aliphatic rings. The Labute approximate surface area is 161 Å². The summed E-state index contributed by atoms with van der Waals surface area (Å²) in [6.45, 7) is 0. The van der Waals surface area contributed by atoms with E-state index in [-0.39, 0.29) is 51.0 Å². The minimum Gasteiger partial charge on any atom is -1.00 e.